The maximum absolute atomic E-state index is 13.9. The van der Waals surface area contributed by atoms with Gasteiger partial charge in [0.15, 0.2) is 5.75 Å². The summed E-state index contributed by atoms with van der Waals surface area (Å²) in [4.78, 5) is 15.1. The highest BCUT2D eigenvalue weighted by atomic mass is 35.5. The van der Waals surface area contributed by atoms with Crippen molar-refractivity contribution in [3.63, 3.8) is 0 Å². The Balaban J connectivity index is 1.37. The highest BCUT2D eigenvalue weighted by Gasteiger charge is 2.26. The lowest BCUT2D eigenvalue weighted by Gasteiger charge is -2.31. The summed E-state index contributed by atoms with van der Waals surface area (Å²) in [5.41, 5.74) is 1.24. The topological polar surface area (TPSA) is 41.6 Å². The molecule has 4 nitrogen and oxygen atoms in total. The van der Waals surface area contributed by atoms with E-state index in [1.807, 2.05) is 42.5 Å². The van der Waals surface area contributed by atoms with Crippen LogP contribution in [0.3, 0.4) is 0 Å². The average molecular weight is 439 g/mol. The molecule has 0 radical (unpaired) electrons. The van der Waals surface area contributed by atoms with Crippen molar-refractivity contribution in [2.45, 2.75) is 19.4 Å². The van der Waals surface area contributed by atoms with Crippen LogP contribution in [0.15, 0.2) is 72.8 Å². The van der Waals surface area contributed by atoms with E-state index in [9.17, 15) is 9.18 Å². The first-order valence-electron chi connectivity index (χ1n) is 10.4. The Morgan fingerprint density at radius 3 is 2.48 bits per heavy atom. The minimum Gasteiger partial charge on any atom is -0.455 e. The molecule has 1 fully saturated rings. The molecule has 0 bridgehead atoms. The summed E-state index contributed by atoms with van der Waals surface area (Å²) in [7, 11) is 0. The maximum atomic E-state index is 13.9. The van der Waals surface area contributed by atoms with Crippen LogP contribution in [0.2, 0.25) is 5.02 Å². The SMILES string of the molecule is O=C(Nc1cc(Cl)ccc1Oc1ccccc1)C1CCN(Cc2ccccc2F)CC1. The lowest BCUT2D eigenvalue weighted by molar-refractivity contribution is -0.121. The molecule has 160 valence electrons. The fourth-order valence-electron chi connectivity index (χ4n) is 3.76. The van der Waals surface area contributed by atoms with Crippen LogP contribution in [-0.2, 0) is 11.3 Å². The Labute approximate surface area is 186 Å². The number of carbonyl (C=O) groups excluding carboxylic acids is 1. The minimum atomic E-state index is -0.186. The highest BCUT2D eigenvalue weighted by molar-refractivity contribution is 6.31. The molecule has 1 N–H and O–H groups in total. The summed E-state index contributed by atoms with van der Waals surface area (Å²) in [6.07, 6.45) is 1.44. The molecule has 0 saturated carbocycles. The number of carbonyl (C=O) groups is 1. The Morgan fingerprint density at radius 2 is 1.74 bits per heavy atom. The lowest BCUT2D eigenvalue weighted by atomic mass is 9.95. The third-order valence-corrected chi connectivity index (χ3v) is 5.72. The van der Waals surface area contributed by atoms with Crippen LogP contribution in [-0.4, -0.2) is 23.9 Å². The number of anilines is 1. The highest BCUT2D eigenvalue weighted by Crippen LogP contribution is 2.33. The van der Waals surface area contributed by atoms with Gasteiger partial charge in [-0.3, -0.25) is 9.69 Å². The maximum Gasteiger partial charge on any atom is 0.227 e. The molecule has 0 aromatic heterocycles. The van der Waals surface area contributed by atoms with Gasteiger partial charge in [-0.25, -0.2) is 4.39 Å². The van der Waals surface area contributed by atoms with E-state index in [2.05, 4.69) is 10.2 Å². The fourth-order valence-corrected chi connectivity index (χ4v) is 3.93. The quantitative estimate of drug-likeness (QED) is 0.504. The van der Waals surface area contributed by atoms with Gasteiger partial charge in [0.1, 0.15) is 11.6 Å². The number of hydrogen-bond donors (Lipinski definition) is 1. The molecule has 0 atom stereocenters. The molecule has 0 spiro atoms. The zero-order chi connectivity index (χ0) is 21.6. The summed E-state index contributed by atoms with van der Waals surface area (Å²) in [5, 5.41) is 3.51. The summed E-state index contributed by atoms with van der Waals surface area (Å²) < 4.78 is 19.8. The largest absolute Gasteiger partial charge is 0.455 e. The van der Waals surface area contributed by atoms with Gasteiger partial charge in [0.25, 0.3) is 0 Å². The van der Waals surface area contributed by atoms with Crippen LogP contribution in [0.1, 0.15) is 18.4 Å². The number of hydrogen-bond acceptors (Lipinski definition) is 3. The average Bonchev–Trinajstić information content (AvgIpc) is 2.78. The van der Waals surface area contributed by atoms with Crippen LogP contribution in [0.25, 0.3) is 0 Å². The van der Waals surface area contributed by atoms with E-state index in [1.54, 1.807) is 24.3 Å². The van der Waals surface area contributed by atoms with E-state index in [0.29, 0.717) is 34.3 Å². The van der Waals surface area contributed by atoms with Crippen molar-refractivity contribution in [2.75, 3.05) is 18.4 Å². The van der Waals surface area contributed by atoms with E-state index in [1.165, 1.54) is 6.07 Å². The van der Waals surface area contributed by atoms with Gasteiger partial charge in [0.2, 0.25) is 5.91 Å². The smallest absolute Gasteiger partial charge is 0.227 e. The second-order valence-electron chi connectivity index (χ2n) is 7.69. The van der Waals surface area contributed by atoms with Crippen LogP contribution in [0.4, 0.5) is 10.1 Å². The summed E-state index contributed by atoms with van der Waals surface area (Å²) in [5.74, 6) is 0.878. The molecule has 1 amide bonds. The summed E-state index contributed by atoms with van der Waals surface area (Å²) >= 11 is 6.15. The number of halogens is 2. The molecule has 1 saturated heterocycles. The van der Waals surface area contributed by atoms with Gasteiger partial charge in [-0.05, 0) is 62.3 Å². The zero-order valence-electron chi connectivity index (χ0n) is 17.1. The Morgan fingerprint density at radius 1 is 1.03 bits per heavy atom. The standard InChI is InChI=1S/C25H24ClFN2O2/c26-20-10-11-24(31-21-7-2-1-3-8-21)23(16-20)28-25(30)18-12-14-29(15-13-18)17-19-6-4-5-9-22(19)27/h1-11,16,18H,12-15,17H2,(H,28,30). The predicted molar refractivity (Wildman–Crippen MR) is 121 cm³/mol. The van der Waals surface area contributed by atoms with Gasteiger partial charge in [-0.15, -0.1) is 0 Å². The first-order valence-corrected chi connectivity index (χ1v) is 10.8. The van der Waals surface area contributed by atoms with E-state index >= 15 is 0 Å². The molecule has 3 aromatic carbocycles. The first kappa shape index (κ1) is 21.3. The monoisotopic (exact) mass is 438 g/mol. The first-order chi connectivity index (χ1) is 15.1. The van der Waals surface area contributed by atoms with Crippen molar-refractivity contribution in [3.05, 3.63) is 89.2 Å². The Bertz CT molecular complexity index is 1040. The molecular formula is C25H24ClFN2O2. The number of likely N-dealkylation sites (tertiary alicyclic amines) is 1. The van der Waals surface area contributed by atoms with E-state index < -0.39 is 0 Å². The molecule has 0 aliphatic carbocycles. The fraction of sp³-hybridized carbons (Fsp3) is 0.240. The van der Waals surface area contributed by atoms with Gasteiger partial charge < -0.3 is 10.1 Å². The van der Waals surface area contributed by atoms with Crippen molar-refractivity contribution in [1.29, 1.82) is 0 Å². The normalized spacial score (nSPS) is 14.9. The van der Waals surface area contributed by atoms with E-state index in [0.717, 1.165) is 25.9 Å². The van der Waals surface area contributed by atoms with Crippen molar-refractivity contribution in [1.82, 2.24) is 4.90 Å². The summed E-state index contributed by atoms with van der Waals surface area (Å²) in [6, 6.07) is 21.4. The van der Waals surface area contributed by atoms with Crippen molar-refractivity contribution in [2.24, 2.45) is 5.92 Å². The Hall–Kier alpha value is -2.89. The molecule has 6 heteroatoms. The number of piperidine rings is 1. The van der Waals surface area contributed by atoms with Crippen LogP contribution in [0, 0.1) is 11.7 Å². The molecular weight excluding hydrogens is 415 g/mol. The van der Waals surface area contributed by atoms with Gasteiger partial charge in [-0.2, -0.15) is 0 Å². The molecule has 0 unspecified atom stereocenters. The second kappa shape index (κ2) is 9.94. The number of nitrogens with one attached hydrogen (secondary N) is 1. The van der Waals surface area contributed by atoms with Crippen molar-refractivity contribution >= 4 is 23.2 Å². The van der Waals surface area contributed by atoms with Gasteiger partial charge >= 0.3 is 0 Å². The number of ether oxygens (including phenoxy) is 1. The molecule has 31 heavy (non-hydrogen) atoms. The van der Waals surface area contributed by atoms with E-state index in [4.69, 9.17) is 16.3 Å². The molecule has 1 aliphatic rings. The number of benzene rings is 3. The third kappa shape index (κ3) is 5.63. The molecule has 1 heterocycles. The van der Waals surface area contributed by atoms with Crippen molar-refractivity contribution in [3.8, 4) is 11.5 Å². The minimum absolute atomic E-state index is 0.0503. The summed E-state index contributed by atoms with van der Waals surface area (Å²) in [6.45, 7) is 2.05. The van der Waals surface area contributed by atoms with Crippen LogP contribution >= 0.6 is 11.6 Å². The molecule has 1 aliphatic heterocycles. The predicted octanol–water partition coefficient (Wildman–Crippen LogP) is 6.12. The number of rotatable bonds is 6. The molecule has 4 rings (SSSR count). The van der Waals surface area contributed by atoms with Gasteiger partial charge in [0.05, 0.1) is 5.69 Å². The van der Waals surface area contributed by atoms with Gasteiger partial charge in [-0.1, -0.05) is 48.0 Å². The number of para-hydroxylation sites is 1. The van der Waals surface area contributed by atoms with Crippen molar-refractivity contribution < 1.29 is 13.9 Å². The number of nitrogens with zero attached hydrogens (tertiary/aromatic N) is 1. The Kier molecular flexibility index (Phi) is 6.85. The molecule has 3 aromatic rings. The zero-order valence-corrected chi connectivity index (χ0v) is 17.8. The lowest BCUT2D eigenvalue weighted by Crippen LogP contribution is -2.38. The van der Waals surface area contributed by atoms with Crippen LogP contribution < -0.4 is 10.1 Å². The van der Waals surface area contributed by atoms with E-state index in [-0.39, 0.29) is 17.6 Å². The number of amides is 1. The van der Waals surface area contributed by atoms with Gasteiger partial charge in [0, 0.05) is 23.0 Å². The van der Waals surface area contributed by atoms with Crippen LogP contribution in [0.5, 0.6) is 11.5 Å². The third-order valence-electron chi connectivity index (χ3n) is 5.48. The second-order valence-corrected chi connectivity index (χ2v) is 8.12.